The number of nitrogens with zero attached hydrogens (tertiary/aromatic N) is 2. The largest absolute Gasteiger partial charge is 0.434 e. The van der Waals surface area contributed by atoms with E-state index in [2.05, 4.69) is 22.1 Å². The molecule has 2 aromatic rings. The van der Waals surface area contributed by atoms with E-state index in [1.165, 1.54) is 29.9 Å². The first-order valence-electron chi connectivity index (χ1n) is 12.6. The van der Waals surface area contributed by atoms with Gasteiger partial charge in [-0.15, -0.1) is 0 Å². The van der Waals surface area contributed by atoms with Gasteiger partial charge in [0.05, 0.1) is 16.7 Å². The Hall–Kier alpha value is -2.87. The third kappa shape index (κ3) is 8.32. The Bertz CT molecular complexity index is 1220. The van der Waals surface area contributed by atoms with Crippen LogP contribution in [-0.2, 0) is 25.0 Å². The van der Waals surface area contributed by atoms with E-state index in [-0.39, 0.29) is 29.1 Å². The number of ether oxygens (including phenoxy) is 1. The van der Waals surface area contributed by atoms with Crippen LogP contribution in [0.4, 0.5) is 22.0 Å². The normalized spacial score (nSPS) is 19.6. The van der Waals surface area contributed by atoms with E-state index in [0.29, 0.717) is 30.0 Å². The molecule has 0 spiro atoms. The molecule has 0 unspecified atom stereocenters. The molecule has 14 heteroatoms. The van der Waals surface area contributed by atoms with Crippen LogP contribution in [0.3, 0.4) is 0 Å². The van der Waals surface area contributed by atoms with Crippen LogP contribution in [0, 0.1) is 18.3 Å². The molecule has 0 bridgehead atoms. The van der Waals surface area contributed by atoms with Gasteiger partial charge < -0.3 is 15.2 Å². The summed E-state index contributed by atoms with van der Waals surface area (Å²) in [5, 5.41) is 17.8. The lowest BCUT2D eigenvalue weighted by molar-refractivity contribution is -0.211. The van der Waals surface area contributed by atoms with Crippen LogP contribution in [0.5, 0.6) is 5.75 Å². The summed E-state index contributed by atoms with van der Waals surface area (Å²) in [5.41, 5.74) is -1.98. The van der Waals surface area contributed by atoms with Crippen molar-refractivity contribution in [2.75, 3.05) is 6.54 Å². The van der Waals surface area contributed by atoms with E-state index in [9.17, 15) is 31.9 Å². The molecule has 1 aromatic heterocycles. The van der Waals surface area contributed by atoms with Crippen LogP contribution in [0.15, 0.2) is 18.2 Å². The minimum absolute atomic E-state index is 0.0514. The van der Waals surface area contributed by atoms with E-state index in [0.717, 1.165) is 26.7 Å². The Morgan fingerprint density at radius 1 is 1.25 bits per heavy atom. The van der Waals surface area contributed by atoms with E-state index in [1.54, 1.807) is 6.92 Å². The molecule has 40 heavy (non-hydrogen) atoms. The van der Waals surface area contributed by atoms with Crippen LogP contribution < -0.4 is 10.1 Å². The van der Waals surface area contributed by atoms with Crippen molar-refractivity contribution in [3.63, 3.8) is 0 Å². The van der Waals surface area contributed by atoms with Gasteiger partial charge in [-0.3, -0.25) is 9.48 Å². The third-order valence-corrected chi connectivity index (χ3v) is 7.21. The fraction of sp³-hybridized carbons (Fsp3) is 0.615. The average Bonchev–Trinajstić information content (AvgIpc) is 3.13. The topological polar surface area (TPSA) is 111 Å². The Morgan fingerprint density at radius 3 is 2.35 bits per heavy atom. The van der Waals surface area contributed by atoms with Gasteiger partial charge in [-0.05, 0) is 62.6 Å². The zero-order valence-corrected chi connectivity index (χ0v) is 23.7. The number of rotatable bonds is 8. The fourth-order valence-electron chi connectivity index (χ4n) is 4.70. The van der Waals surface area contributed by atoms with Crippen LogP contribution in [0.25, 0.3) is 11.3 Å². The lowest BCUT2D eigenvalue weighted by atomic mass is 9.79. The van der Waals surface area contributed by atoms with Crippen molar-refractivity contribution in [1.29, 1.82) is 0 Å². The predicted octanol–water partition coefficient (Wildman–Crippen LogP) is 5.13. The van der Waals surface area contributed by atoms with Crippen LogP contribution in [0.2, 0.25) is 0 Å². The zero-order chi connectivity index (χ0) is 30.5. The summed E-state index contributed by atoms with van der Waals surface area (Å²) >= 11 is -0.750. The first kappa shape index (κ1) is 33.3. The van der Waals surface area contributed by atoms with Gasteiger partial charge in [0.1, 0.15) is 5.75 Å². The van der Waals surface area contributed by atoms with Gasteiger partial charge in [-0.25, -0.2) is 0 Å². The molecule has 0 radical (unpaired) electrons. The predicted molar refractivity (Wildman–Crippen MR) is 137 cm³/mol. The molecule has 8 nitrogen and oxygen atoms in total. The maximum Gasteiger partial charge on any atom is 0.394 e. The Labute approximate surface area is 232 Å². The highest BCUT2D eigenvalue weighted by Crippen LogP contribution is 2.42. The number of amides is 1. The summed E-state index contributed by atoms with van der Waals surface area (Å²) in [6, 6.07) is 3.99. The lowest BCUT2D eigenvalue weighted by Crippen LogP contribution is -2.45. The van der Waals surface area contributed by atoms with Crippen molar-refractivity contribution < 1.29 is 45.0 Å². The molecular weight excluding hydrogens is 561 g/mol. The molecule has 1 aliphatic carbocycles. The molecule has 1 aromatic carbocycles. The van der Waals surface area contributed by atoms with Gasteiger partial charge in [-0.1, -0.05) is 26.8 Å². The molecule has 3 rings (SSSR count). The van der Waals surface area contributed by atoms with Gasteiger partial charge in [0, 0.05) is 24.7 Å². The quantitative estimate of drug-likeness (QED) is 0.410. The van der Waals surface area contributed by atoms with Crippen LogP contribution in [0.1, 0.15) is 68.1 Å². The second kappa shape index (κ2) is 13.2. The molecule has 0 aliphatic heterocycles. The molecule has 2 N–H and O–H groups in total. The number of aryl methyl sites for hydroxylation is 1. The van der Waals surface area contributed by atoms with Crippen molar-refractivity contribution in [3.05, 3.63) is 35.0 Å². The summed E-state index contributed by atoms with van der Waals surface area (Å²) in [6.07, 6.45) is -2.04. The Kier molecular flexibility index (Phi) is 11.0. The maximum absolute atomic E-state index is 13.4. The van der Waals surface area contributed by atoms with Gasteiger partial charge in [0.2, 0.25) is 0 Å². The minimum atomic E-state index is -4.49. The van der Waals surface area contributed by atoms with Crippen molar-refractivity contribution in [2.45, 2.75) is 78.2 Å². The monoisotopic (exact) mass is 595 g/mol. The summed E-state index contributed by atoms with van der Waals surface area (Å²) < 4.78 is 89.2. The van der Waals surface area contributed by atoms with Gasteiger partial charge in [0.25, 0.3) is 5.91 Å². The van der Waals surface area contributed by atoms with E-state index in [1.807, 2.05) is 0 Å². The standard InChI is InChI=1S/C26H34F5N3O3.O2S/c1-15-8-10-25(36,11-9-15)14-32-22(35)20-16(2)21(34(5)33-20)18-7-6-17(12-19(18)37-23(27)28)13-24(3,4)26(29,30)31;1-3-2/h6-7,12,15,23,36H,8-11,13-14H2,1-5H3,(H,32,35);. The number of aromatic nitrogens is 2. The Balaban J connectivity index is 0.00000178. The van der Waals surface area contributed by atoms with Crippen molar-refractivity contribution >= 4 is 17.5 Å². The summed E-state index contributed by atoms with van der Waals surface area (Å²) in [5.74, 6) is -0.312. The molecule has 1 fully saturated rings. The zero-order valence-electron chi connectivity index (χ0n) is 22.9. The smallest absolute Gasteiger partial charge is 0.394 e. The average molecular weight is 596 g/mol. The lowest BCUT2D eigenvalue weighted by Gasteiger charge is -2.34. The highest BCUT2D eigenvalue weighted by Gasteiger charge is 2.47. The number of benzene rings is 1. The molecule has 0 saturated heterocycles. The highest BCUT2D eigenvalue weighted by atomic mass is 32.1. The second-order valence-electron chi connectivity index (χ2n) is 10.9. The molecule has 0 atom stereocenters. The number of halogens is 5. The maximum atomic E-state index is 13.4. The number of carbonyl (C=O) groups is 1. The van der Waals surface area contributed by atoms with Crippen LogP contribution in [-0.4, -0.2) is 54.1 Å². The molecule has 1 amide bonds. The van der Waals surface area contributed by atoms with E-state index < -0.39 is 47.7 Å². The summed E-state index contributed by atoms with van der Waals surface area (Å²) in [6.45, 7) is 2.64. The van der Waals surface area contributed by atoms with Crippen molar-refractivity contribution in [3.8, 4) is 17.0 Å². The summed E-state index contributed by atoms with van der Waals surface area (Å²) in [7, 11) is 1.53. The van der Waals surface area contributed by atoms with Crippen molar-refractivity contribution in [2.24, 2.45) is 18.4 Å². The van der Waals surface area contributed by atoms with E-state index in [4.69, 9.17) is 8.42 Å². The molecule has 1 aliphatic rings. The summed E-state index contributed by atoms with van der Waals surface area (Å²) in [4.78, 5) is 12.9. The van der Waals surface area contributed by atoms with Crippen LogP contribution >= 0.6 is 0 Å². The number of carbonyl (C=O) groups excluding carboxylic acids is 1. The molecular formula is C26H34F5N3O5S. The van der Waals surface area contributed by atoms with Crippen molar-refractivity contribution in [1.82, 2.24) is 15.1 Å². The van der Waals surface area contributed by atoms with Gasteiger partial charge in [-0.2, -0.15) is 35.5 Å². The molecule has 224 valence electrons. The Morgan fingerprint density at radius 2 is 1.82 bits per heavy atom. The minimum Gasteiger partial charge on any atom is -0.434 e. The molecule has 1 saturated carbocycles. The third-order valence-electron chi connectivity index (χ3n) is 7.21. The number of hydrogen-bond donors (Lipinski definition) is 2. The van der Waals surface area contributed by atoms with Gasteiger partial charge >= 0.3 is 24.4 Å². The SMILES string of the molecule is Cc1c(C(=O)NCC2(O)CCC(C)CC2)nn(C)c1-c1ccc(CC(C)(C)C(F)(F)F)cc1OC(F)F.O=S=O. The number of aliphatic hydroxyl groups is 1. The van der Waals surface area contributed by atoms with E-state index >= 15 is 0 Å². The number of hydrogen-bond acceptors (Lipinski definition) is 6. The fourth-order valence-corrected chi connectivity index (χ4v) is 4.70. The second-order valence-corrected chi connectivity index (χ2v) is 11.0. The number of alkyl halides is 5. The highest BCUT2D eigenvalue weighted by molar-refractivity contribution is 7.51. The number of nitrogens with one attached hydrogen (secondary N) is 1. The molecule has 1 heterocycles. The first-order valence-corrected chi connectivity index (χ1v) is 13.2. The first-order chi connectivity index (χ1) is 18.4. The van der Waals surface area contributed by atoms with Gasteiger partial charge in [0.15, 0.2) is 5.69 Å².